The van der Waals surface area contributed by atoms with Crippen molar-refractivity contribution in [1.29, 1.82) is 0 Å². The van der Waals surface area contributed by atoms with E-state index in [0.29, 0.717) is 0 Å². The maximum Gasteiger partial charge on any atom is 0.0695 e. The molecule has 0 aliphatic rings. The molecule has 0 aliphatic heterocycles. The molecule has 10 heavy (non-hydrogen) atoms. The molecule has 2 heteroatoms. The lowest BCUT2D eigenvalue weighted by atomic mass is 10.2. The Bertz CT molecular complexity index is 73.7. The molecule has 2 unspecified atom stereocenters. The van der Waals surface area contributed by atoms with Crippen molar-refractivity contribution in [3.63, 3.8) is 0 Å². The normalized spacial score (nSPS) is 16.8. The molecule has 0 bridgehead atoms. The fourth-order valence-corrected chi connectivity index (χ4v) is 0.565. The molecule has 0 aromatic heterocycles. The molecule has 0 fully saturated rings. The van der Waals surface area contributed by atoms with Crippen LogP contribution in [0.4, 0.5) is 0 Å². The molecular weight excluding hydrogens is 126 g/mol. The molecule has 0 saturated heterocycles. The molecule has 2 atom stereocenters. The Morgan fingerprint density at radius 1 is 1.40 bits per heavy atom. The SMILES string of the molecule is CCCCOC(C)C(C)N. The highest BCUT2D eigenvalue weighted by molar-refractivity contribution is 4.61. The lowest BCUT2D eigenvalue weighted by Gasteiger charge is -2.15. The van der Waals surface area contributed by atoms with E-state index in [1.165, 1.54) is 6.42 Å². The summed E-state index contributed by atoms with van der Waals surface area (Å²) < 4.78 is 5.42. The molecule has 0 radical (unpaired) electrons. The molecule has 0 rings (SSSR count). The fourth-order valence-electron chi connectivity index (χ4n) is 0.565. The fraction of sp³-hybridized carbons (Fsp3) is 1.00. The zero-order valence-electron chi connectivity index (χ0n) is 7.26. The highest BCUT2D eigenvalue weighted by atomic mass is 16.5. The topological polar surface area (TPSA) is 35.2 Å². The summed E-state index contributed by atoms with van der Waals surface area (Å²) in [5.74, 6) is 0. The minimum Gasteiger partial charge on any atom is -0.377 e. The summed E-state index contributed by atoms with van der Waals surface area (Å²) in [6.07, 6.45) is 2.52. The van der Waals surface area contributed by atoms with E-state index in [-0.39, 0.29) is 12.1 Å². The highest BCUT2D eigenvalue weighted by Gasteiger charge is 2.05. The van der Waals surface area contributed by atoms with Crippen molar-refractivity contribution < 1.29 is 4.74 Å². The third-order valence-corrected chi connectivity index (χ3v) is 1.62. The van der Waals surface area contributed by atoms with Gasteiger partial charge in [-0.2, -0.15) is 0 Å². The standard InChI is InChI=1S/C8H19NO/c1-4-5-6-10-8(3)7(2)9/h7-8H,4-6,9H2,1-3H3. The Morgan fingerprint density at radius 2 is 2.00 bits per heavy atom. The molecule has 0 amide bonds. The third kappa shape index (κ3) is 4.77. The number of rotatable bonds is 5. The van der Waals surface area contributed by atoms with Gasteiger partial charge in [-0.25, -0.2) is 0 Å². The van der Waals surface area contributed by atoms with Crippen molar-refractivity contribution in [3.05, 3.63) is 0 Å². The second-order valence-corrected chi connectivity index (χ2v) is 2.79. The number of hydrogen-bond acceptors (Lipinski definition) is 2. The largest absolute Gasteiger partial charge is 0.377 e. The lowest BCUT2D eigenvalue weighted by molar-refractivity contribution is 0.0504. The van der Waals surface area contributed by atoms with Crippen molar-refractivity contribution >= 4 is 0 Å². The average Bonchev–Trinajstić information content (AvgIpc) is 1.88. The zero-order valence-corrected chi connectivity index (χ0v) is 7.26. The lowest BCUT2D eigenvalue weighted by Crippen LogP contribution is -2.31. The molecule has 0 heterocycles. The maximum absolute atomic E-state index is 5.59. The van der Waals surface area contributed by atoms with Gasteiger partial charge in [0, 0.05) is 12.6 Å². The van der Waals surface area contributed by atoms with E-state index >= 15 is 0 Å². The van der Waals surface area contributed by atoms with E-state index in [0.717, 1.165) is 13.0 Å². The van der Waals surface area contributed by atoms with Crippen LogP contribution >= 0.6 is 0 Å². The van der Waals surface area contributed by atoms with Crippen LogP contribution in [-0.2, 0) is 4.74 Å². The summed E-state index contributed by atoms with van der Waals surface area (Å²) in [6, 6.07) is 0.150. The molecule has 2 nitrogen and oxygen atoms in total. The van der Waals surface area contributed by atoms with Gasteiger partial charge in [0.1, 0.15) is 0 Å². The van der Waals surface area contributed by atoms with Crippen LogP contribution in [0.15, 0.2) is 0 Å². The zero-order chi connectivity index (χ0) is 7.98. The summed E-state index contributed by atoms with van der Waals surface area (Å²) in [5.41, 5.74) is 5.59. The van der Waals surface area contributed by atoms with E-state index in [4.69, 9.17) is 10.5 Å². The summed E-state index contributed by atoms with van der Waals surface area (Å²) in [7, 11) is 0. The molecule has 62 valence electrons. The summed E-state index contributed by atoms with van der Waals surface area (Å²) in [6.45, 7) is 6.98. The Morgan fingerprint density at radius 3 is 2.40 bits per heavy atom. The third-order valence-electron chi connectivity index (χ3n) is 1.62. The summed E-state index contributed by atoms with van der Waals surface area (Å²) >= 11 is 0. The molecule has 2 N–H and O–H groups in total. The van der Waals surface area contributed by atoms with Crippen LogP contribution < -0.4 is 5.73 Å². The van der Waals surface area contributed by atoms with Gasteiger partial charge in [0.25, 0.3) is 0 Å². The summed E-state index contributed by atoms with van der Waals surface area (Å²) in [5, 5.41) is 0. The summed E-state index contributed by atoms with van der Waals surface area (Å²) in [4.78, 5) is 0. The molecule has 0 aliphatic carbocycles. The molecule has 0 saturated carbocycles. The van der Waals surface area contributed by atoms with Crippen LogP contribution in [0.3, 0.4) is 0 Å². The second-order valence-electron chi connectivity index (χ2n) is 2.79. The Balaban J connectivity index is 3.13. The first kappa shape index (κ1) is 9.92. The van der Waals surface area contributed by atoms with Crippen molar-refractivity contribution in [1.82, 2.24) is 0 Å². The van der Waals surface area contributed by atoms with E-state index < -0.39 is 0 Å². The first-order valence-corrected chi connectivity index (χ1v) is 4.05. The van der Waals surface area contributed by atoms with Crippen molar-refractivity contribution in [2.45, 2.75) is 45.8 Å². The van der Waals surface area contributed by atoms with Crippen LogP contribution in [0.1, 0.15) is 33.6 Å². The molecular formula is C8H19NO. The molecule has 0 aromatic carbocycles. The number of ether oxygens (including phenoxy) is 1. The van der Waals surface area contributed by atoms with E-state index in [1.54, 1.807) is 0 Å². The number of nitrogens with two attached hydrogens (primary N) is 1. The smallest absolute Gasteiger partial charge is 0.0695 e. The Hall–Kier alpha value is -0.0800. The predicted octanol–water partition coefficient (Wildman–Crippen LogP) is 1.54. The first-order chi connectivity index (χ1) is 4.68. The van der Waals surface area contributed by atoms with Gasteiger partial charge in [-0.1, -0.05) is 13.3 Å². The second kappa shape index (κ2) is 5.69. The van der Waals surface area contributed by atoms with Crippen LogP contribution in [0.5, 0.6) is 0 Å². The van der Waals surface area contributed by atoms with E-state index in [1.807, 2.05) is 13.8 Å². The number of unbranched alkanes of at least 4 members (excludes halogenated alkanes) is 1. The van der Waals surface area contributed by atoms with E-state index in [9.17, 15) is 0 Å². The highest BCUT2D eigenvalue weighted by Crippen LogP contribution is 1.97. The van der Waals surface area contributed by atoms with Gasteiger partial charge < -0.3 is 10.5 Å². The maximum atomic E-state index is 5.59. The van der Waals surface area contributed by atoms with Crippen molar-refractivity contribution in [2.75, 3.05) is 6.61 Å². The minimum absolute atomic E-state index is 0.150. The van der Waals surface area contributed by atoms with Crippen molar-refractivity contribution in [3.8, 4) is 0 Å². The van der Waals surface area contributed by atoms with Crippen LogP contribution in [0.2, 0.25) is 0 Å². The Labute approximate surface area is 63.7 Å². The van der Waals surface area contributed by atoms with Gasteiger partial charge >= 0.3 is 0 Å². The van der Waals surface area contributed by atoms with Crippen LogP contribution in [-0.4, -0.2) is 18.8 Å². The monoisotopic (exact) mass is 145 g/mol. The van der Waals surface area contributed by atoms with Gasteiger partial charge in [-0.05, 0) is 20.3 Å². The van der Waals surface area contributed by atoms with Gasteiger partial charge in [-0.3, -0.25) is 0 Å². The van der Waals surface area contributed by atoms with Gasteiger partial charge in [-0.15, -0.1) is 0 Å². The number of hydrogen-bond donors (Lipinski definition) is 1. The Kier molecular flexibility index (Phi) is 5.64. The van der Waals surface area contributed by atoms with Crippen LogP contribution in [0.25, 0.3) is 0 Å². The quantitative estimate of drug-likeness (QED) is 0.595. The molecule has 0 aromatic rings. The van der Waals surface area contributed by atoms with Gasteiger partial charge in [0.15, 0.2) is 0 Å². The predicted molar refractivity (Wildman–Crippen MR) is 44.0 cm³/mol. The van der Waals surface area contributed by atoms with E-state index in [2.05, 4.69) is 6.92 Å². The first-order valence-electron chi connectivity index (χ1n) is 4.05. The van der Waals surface area contributed by atoms with Gasteiger partial charge in [0.05, 0.1) is 6.10 Å². The molecule has 0 spiro atoms. The van der Waals surface area contributed by atoms with Crippen LogP contribution in [0, 0.1) is 0 Å². The van der Waals surface area contributed by atoms with Crippen molar-refractivity contribution in [2.24, 2.45) is 5.73 Å². The minimum atomic E-state index is 0.150. The average molecular weight is 145 g/mol. The van der Waals surface area contributed by atoms with Gasteiger partial charge in [0.2, 0.25) is 0 Å².